The molecule has 5 unspecified atom stereocenters. The summed E-state index contributed by atoms with van der Waals surface area (Å²) in [4.78, 5) is 72.8. The van der Waals surface area contributed by atoms with Crippen LogP contribution in [0.3, 0.4) is 0 Å². The number of esters is 4. The van der Waals surface area contributed by atoms with E-state index in [1.807, 2.05) is 18.2 Å². The van der Waals surface area contributed by atoms with Gasteiger partial charge in [-0.25, -0.2) is 9.13 Å². The van der Waals surface area contributed by atoms with Gasteiger partial charge in [0.2, 0.25) is 0 Å². The molecule has 0 aromatic heterocycles. The van der Waals surface area contributed by atoms with Crippen LogP contribution in [0.4, 0.5) is 0 Å². The minimum Gasteiger partial charge on any atom is -0.462 e. The van der Waals surface area contributed by atoms with Crippen molar-refractivity contribution in [3.63, 3.8) is 0 Å². The van der Waals surface area contributed by atoms with Gasteiger partial charge in [-0.1, -0.05) is 285 Å². The first-order chi connectivity index (χ1) is 47.7. The van der Waals surface area contributed by atoms with Crippen LogP contribution in [-0.4, -0.2) is 96.7 Å². The smallest absolute Gasteiger partial charge is 0.462 e. The third kappa shape index (κ3) is 70.4. The van der Waals surface area contributed by atoms with Gasteiger partial charge in [0.05, 0.1) is 26.4 Å². The molecule has 0 bridgehead atoms. The summed E-state index contributed by atoms with van der Waals surface area (Å²) in [5.41, 5.74) is 0. The van der Waals surface area contributed by atoms with Crippen molar-refractivity contribution in [1.29, 1.82) is 0 Å². The summed E-state index contributed by atoms with van der Waals surface area (Å²) in [6.45, 7) is 4.63. The molecule has 3 N–H and O–H groups in total. The zero-order chi connectivity index (χ0) is 71.8. The second kappa shape index (κ2) is 71.4. The Morgan fingerprint density at radius 1 is 0.296 bits per heavy atom. The Bertz CT molecular complexity index is 2240. The predicted molar refractivity (Wildman–Crippen MR) is 399 cm³/mol. The van der Waals surface area contributed by atoms with Crippen molar-refractivity contribution in [2.45, 2.75) is 341 Å². The fourth-order valence-electron chi connectivity index (χ4n) is 10.2. The number of phosphoric acid groups is 2. The molecular weight excluding hydrogens is 1280 g/mol. The molecule has 0 amide bonds. The molecule has 566 valence electrons. The number of allylic oxidation sites excluding steroid dienone is 16. The number of carbonyl (C=O) groups excluding carboxylic acids is 4. The molecule has 0 spiro atoms. The number of hydrogen-bond donors (Lipinski definition) is 3. The monoisotopic (exact) mass is 1420 g/mol. The first-order valence-corrected chi connectivity index (χ1v) is 41.5. The lowest BCUT2D eigenvalue weighted by Crippen LogP contribution is -2.30. The summed E-state index contributed by atoms with van der Waals surface area (Å²) in [6, 6.07) is 0. The summed E-state index contributed by atoms with van der Waals surface area (Å²) in [6.07, 6.45) is 74.2. The molecule has 98 heavy (non-hydrogen) atoms. The van der Waals surface area contributed by atoms with Crippen molar-refractivity contribution in [3.8, 4) is 0 Å². The van der Waals surface area contributed by atoms with Gasteiger partial charge in [0.25, 0.3) is 0 Å². The number of hydrogen-bond acceptors (Lipinski definition) is 15. The van der Waals surface area contributed by atoms with E-state index in [9.17, 15) is 43.2 Å². The van der Waals surface area contributed by atoms with Gasteiger partial charge in [0.1, 0.15) is 19.3 Å². The van der Waals surface area contributed by atoms with Crippen molar-refractivity contribution < 1.29 is 80.2 Å². The highest BCUT2D eigenvalue weighted by molar-refractivity contribution is 7.47. The van der Waals surface area contributed by atoms with Crippen LogP contribution < -0.4 is 0 Å². The average molecular weight is 1420 g/mol. The van der Waals surface area contributed by atoms with Crippen molar-refractivity contribution in [3.05, 3.63) is 97.2 Å². The van der Waals surface area contributed by atoms with E-state index in [2.05, 4.69) is 107 Å². The van der Waals surface area contributed by atoms with Crippen LogP contribution in [0.1, 0.15) is 323 Å². The second-order valence-electron chi connectivity index (χ2n) is 25.6. The van der Waals surface area contributed by atoms with Crippen LogP contribution in [0, 0.1) is 0 Å². The van der Waals surface area contributed by atoms with Gasteiger partial charge in [-0.3, -0.25) is 37.3 Å². The summed E-state index contributed by atoms with van der Waals surface area (Å²) < 4.78 is 68.3. The molecule has 19 heteroatoms. The first-order valence-electron chi connectivity index (χ1n) is 38.5. The van der Waals surface area contributed by atoms with E-state index >= 15 is 0 Å². The molecule has 0 heterocycles. The van der Waals surface area contributed by atoms with E-state index < -0.39 is 97.5 Å². The second-order valence-corrected chi connectivity index (χ2v) is 28.5. The Hall–Kier alpha value is -4.02. The van der Waals surface area contributed by atoms with Gasteiger partial charge >= 0.3 is 39.5 Å². The fourth-order valence-corrected chi connectivity index (χ4v) is 11.7. The topological polar surface area (TPSA) is 237 Å². The Kier molecular flexibility index (Phi) is 68.4. The quantitative estimate of drug-likeness (QED) is 0.0169. The highest BCUT2D eigenvalue weighted by Crippen LogP contribution is 2.45. The van der Waals surface area contributed by atoms with Gasteiger partial charge in [0.15, 0.2) is 12.2 Å². The van der Waals surface area contributed by atoms with Gasteiger partial charge in [-0.05, 0) is 109 Å². The molecule has 5 atom stereocenters. The van der Waals surface area contributed by atoms with E-state index in [0.29, 0.717) is 32.1 Å². The maximum atomic E-state index is 13.1. The molecular formula is C79H138O17P2. The molecule has 0 fully saturated rings. The van der Waals surface area contributed by atoms with Gasteiger partial charge in [0, 0.05) is 25.7 Å². The molecule has 0 aromatic rings. The van der Waals surface area contributed by atoms with Gasteiger partial charge < -0.3 is 33.8 Å². The number of aliphatic hydroxyl groups is 1. The average Bonchev–Trinajstić information content (AvgIpc) is 0.992. The minimum absolute atomic E-state index is 0.0379. The highest BCUT2D eigenvalue weighted by Gasteiger charge is 2.30. The Morgan fingerprint density at radius 2 is 0.561 bits per heavy atom. The lowest BCUT2D eigenvalue weighted by Gasteiger charge is -2.21. The van der Waals surface area contributed by atoms with Gasteiger partial charge in [-0.15, -0.1) is 0 Å². The van der Waals surface area contributed by atoms with E-state index in [0.717, 1.165) is 135 Å². The maximum Gasteiger partial charge on any atom is 0.472 e. The van der Waals surface area contributed by atoms with Crippen LogP contribution in [0.2, 0.25) is 0 Å². The molecule has 0 aliphatic rings. The summed E-state index contributed by atoms with van der Waals surface area (Å²) in [5.74, 6) is -2.28. The summed E-state index contributed by atoms with van der Waals surface area (Å²) in [7, 11) is -9.96. The molecule has 0 aliphatic heterocycles. The zero-order valence-electron chi connectivity index (χ0n) is 61.7. The standard InChI is InChI=1S/C79H138O17P2/c1-5-9-13-17-21-25-29-32-34-35-36-37-39-41-45-48-52-56-60-64-77(82)90-70-75(96-79(84)66-62-58-54-50-46-42-38-33-30-26-22-18-14-10-6-2)72-94-98(87,88)92-68-73(80)67-91-97(85,86)93-71-74(95-78(83)65-61-57-53-49-43-28-24-20-16-12-8-4)69-89-76(81)63-59-55-51-47-44-40-31-27-23-19-15-11-7-3/h9,13,20-21,24-25,27,31-32,34,36-37,41,45,52,56,73-75,80H,5-8,10-12,14-19,22-23,26,28-30,33,35,38-40,42-44,46-51,53-55,57-72H2,1-4H3,(H,85,86)(H,87,88)/b13-9-,24-20-,25-21-,31-27-,34-32-,37-36-,45-41-,56-52-. The molecule has 0 aliphatic carbocycles. The van der Waals surface area contributed by atoms with Crippen LogP contribution in [-0.2, 0) is 65.4 Å². The maximum absolute atomic E-state index is 13.1. The molecule has 0 aromatic carbocycles. The van der Waals surface area contributed by atoms with E-state index in [1.54, 1.807) is 0 Å². The Morgan fingerprint density at radius 3 is 0.918 bits per heavy atom. The van der Waals surface area contributed by atoms with E-state index in [1.165, 1.54) is 103 Å². The molecule has 0 saturated heterocycles. The van der Waals surface area contributed by atoms with E-state index in [4.69, 9.17) is 37.0 Å². The third-order valence-electron chi connectivity index (χ3n) is 16.0. The molecule has 0 radical (unpaired) electrons. The Balaban J connectivity index is 5.38. The van der Waals surface area contributed by atoms with Crippen molar-refractivity contribution >= 4 is 39.5 Å². The number of phosphoric ester groups is 2. The minimum atomic E-state index is -4.99. The largest absolute Gasteiger partial charge is 0.472 e. The zero-order valence-corrected chi connectivity index (χ0v) is 63.5. The Labute approximate surface area is 595 Å². The molecule has 0 saturated carbocycles. The third-order valence-corrected chi connectivity index (χ3v) is 17.9. The SMILES string of the molecule is CC/C=C\C/C=C\C/C=C\C/C=C\C/C=C\C/C=C\CCC(=O)OCC(COP(=O)(O)OCC(O)COP(=O)(O)OCC(COC(=O)CCCCCCC/C=C\CCCCCC)OC(=O)CCCCCCC/C=C\CCCC)OC(=O)CCCCCCCCCCCCCCCCC. The number of aliphatic hydroxyl groups excluding tert-OH is 1. The fraction of sp³-hybridized carbons (Fsp3) is 0.747. The normalized spacial score (nSPS) is 14.5. The number of rotatable bonds is 72. The number of ether oxygens (including phenoxy) is 4. The van der Waals surface area contributed by atoms with Crippen molar-refractivity contribution in [1.82, 2.24) is 0 Å². The lowest BCUT2D eigenvalue weighted by atomic mass is 10.0. The number of carbonyl (C=O) groups is 4. The summed E-state index contributed by atoms with van der Waals surface area (Å²) in [5, 5.41) is 10.6. The lowest BCUT2D eigenvalue weighted by molar-refractivity contribution is -0.161. The van der Waals surface area contributed by atoms with Crippen LogP contribution in [0.15, 0.2) is 97.2 Å². The summed E-state index contributed by atoms with van der Waals surface area (Å²) >= 11 is 0. The number of unbranched alkanes of at least 4 members (excludes halogenated alkanes) is 30. The highest BCUT2D eigenvalue weighted by atomic mass is 31.2. The van der Waals surface area contributed by atoms with Crippen LogP contribution in [0.25, 0.3) is 0 Å². The first kappa shape index (κ1) is 94.0. The molecule has 17 nitrogen and oxygen atoms in total. The predicted octanol–water partition coefficient (Wildman–Crippen LogP) is 22.0. The van der Waals surface area contributed by atoms with E-state index in [-0.39, 0.29) is 25.7 Å². The van der Waals surface area contributed by atoms with Crippen molar-refractivity contribution in [2.24, 2.45) is 0 Å². The molecule has 0 rings (SSSR count). The van der Waals surface area contributed by atoms with Gasteiger partial charge in [-0.2, -0.15) is 0 Å². The van der Waals surface area contributed by atoms with Crippen LogP contribution >= 0.6 is 15.6 Å². The van der Waals surface area contributed by atoms with Crippen LogP contribution in [0.5, 0.6) is 0 Å². The van der Waals surface area contributed by atoms with Crippen molar-refractivity contribution in [2.75, 3.05) is 39.6 Å².